The number of aromatic nitrogens is 1. The minimum absolute atomic E-state index is 0.290. The lowest BCUT2D eigenvalue weighted by molar-refractivity contribution is 0.0529. The molecule has 1 heterocycles. The van der Waals surface area contributed by atoms with Crippen LogP contribution in [-0.2, 0) is 4.74 Å². The zero-order valence-electron chi connectivity index (χ0n) is 14.9. The number of hydrogen-bond acceptors (Lipinski definition) is 3. The second-order valence-corrected chi connectivity index (χ2v) is 6.56. The molecule has 0 aliphatic heterocycles. The van der Waals surface area contributed by atoms with Crippen molar-refractivity contribution >= 4 is 49.2 Å². The Balaban J connectivity index is 2.08. The maximum Gasteiger partial charge on any atom is 0.338 e. The van der Waals surface area contributed by atoms with E-state index >= 15 is 0 Å². The van der Waals surface area contributed by atoms with E-state index in [0.29, 0.717) is 12.2 Å². The fourth-order valence-electron chi connectivity index (χ4n) is 4.00. The van der Waals surface area contributed by atoms with Gasteiger partial charge in [0, 0.05) is 27.7 Å². The van der Waals surface area contributed by atoms with Gasteiger partial charge in [-0.3, -0.25) is 4.98 Å². The number of hydrogen-bond donors (Lipinski definition) is 0. The van der Waals surface area contributed by atoms with E-state index in [1.54, 1.807) is 0 Å². The Morgan fingerprint density at radius 3 is 2.19 bits per heavy atom. The molecule has 5 aromatic rings. The van der Waals surface area contributed by atoms with E-state index < -0.39 is 0 Å². The van der Waals surface area contributed by atoms with Gasteiger partial charge in [-0.05, 0) is 35.2 Å². The number of benzene rings is 4. The minimum Gasteiger partial charge on any atom is -0.462 e. The molecule has 0 saturated carbocycles. The number of para-hydroxylation sites is 1. The third kappa shape index (κ3) is 2.28. The van der Waals surface area contributed by atoms with Crippen LogP contribution in [0.3, 0.4) is 0 Å². The second-order valence-electron chi connectivity index (χ2n) is 6.56. The first-order chi connectivity index (χ1) is 13.3. The van der Waals surface area contributed by atoms with Crippen LogP contribution in [0.1, 0.15) is 17.3 Å². The van der Waals surface area contributed by atoms with Gasteiger partial charge in [-0.1, -0.05) is 54.6 Å². The molecule has 0 spiro atoms. The zero-order valence-corrected chi connectivity index (χ0v) is 14.9. The van der Waals surface area contributed by atoms with Gasteiger partial charge >= 0.3 is 5.97 Å². The van der Waals surface area contributed by atoms with Gasteiger partial charge in [0.1, 0.15) is 0 Å². The van der Waals surface area contributed by atoms with Crippen LogP contribution in [0.15, 0.2) is 72.9 Å². The van der Waals surface area contributed by atoms with Crippen LogP contribution >= 0.6 is 0 Å². The molecule has 0 unspecified atom stereocenters. The van der Waals surface area contributed by atoms with Crippen molar-refractivity contribution in [2.45, 2.75) is 6.92 Å². The molecule has 4 aromatic carbocycles. The Hall–Kier alpha value is -3.46. The normalized spacial score (nSPS) is 11.4. The summed E-state index contributed by atoms with van der Waals surface area (Å²) in [5, 5.41) is 7.46. The average molecular weight is 351 g/mol. The largest absolute Gasteiger partial charge is 0.462 e. The molecule has 5 rings (SSSR count). The van der Waals surface area contributed by atoms with Crippen LogP contribution in [0.2, 0.25) is 0 Å². The summed E-state index contributed by atoms with van der Waals surface area (Å²) in [7, 11) is 0. The van der Waals surface area contributed by atoms with Crippen LogP contribution in [0.5, 0.6) is 0 Å². The summed E-state index contributed by atoms with van der Waals surface area (Å²) < 4.78 is 5.31. The molecule has 27 heavy (non-hydrogen) atoms. The van der Waals surface area contributed by atoms with Gasteiger partial charge in [0.05, 0.1) is 17.7 Å². The lowest BCUT2D eigenvalue weighted by Crippen LogP contribution is -2.05. The first kappa shape index (κ1) is 15.8. The highest BCUT2D eigenvalue weighted by Gasteiger charge is 2.17. The molecule has 3 heteroatoms. The van der Waals surface area contributed by atoms with E-state index in [1.807, 2.05) is 55.6 Å². The molecule has 0 aliphatic rings. The van der Waals surface area contributed by atoms with Crippen molar-refractivity contribution in [2.24, 2.45) is 0 Å². The lowest BCUT2D eigenvalue weighted by atomic mass is 9.91. The second kappa shape index (κ2) is 6.06. The van der Waals surface area contributed by atoms with Crippen molar-refractivity contribution in [3.63, 3.8) is 0 Å². The van der Waals surface area contributed by atoms with Crippen molar-refractivity contribution in [2.75, 3.05) is 6.61 Å². The van der Waals surface area contributed by atoms with Crippen molar-refractivity contribution in [3.8, 4) is 0 Å². The first-order valence-electron chi connectivity index (χ1n) is 9.07. The van der Waals surface area contributed by atoms with Gasteiger partial charge in [-0.15, -0.1) is 0 Å². The highest BCUT2D eigenvalue weighted by atomic mass is 16.5. The number of rotatable bonds is 2. The topological polar surface area (TPSA) is 39.2 Å². The van der Waals surface area contributed by atoms with Gasteiger partial charge in [0.15, 0.2) is 0 Å². The Bertz CT molecular complexity index is 1320. The van der Waals surface area contributed by atoms with Gasteiger partial charge in [-0.25, -0.2) is 4.79 Å². The van der Waals surface area contributed by atoms with Crippen LogP contribution in [0.25, 0.3) is 43.2 Å². The Kier molecular flexibility index (Phi) is 3.54. The lowest BCUT2D eigenvalue weighted by Gasteiger charge is -2.14. The number of carbonyl (C=O) groups excluding carboxylic acids is 1. The van der Waals surface area contributed by atoms with Crippen LogP contribution in [0.4, 0.5) is 0 Å². The molecular formula is C24H17NO2. The Labute approximate surface area is 156 Å². The molecule has 0 N–H and O–H groups in total. The highest BCUT2D eigenvalue weighted by Crippen LogP contribution is 2.39. The number of ether oxygens (including phenoxy) is 1. The first-order valence-corrected chi connectivity index (χ1v) is 9.07. The summed E-state index contributed by atoms with van der Waals surface area (Å²) in [5.41, 5.74) is 1.57. The molecule has 0 bridgehead atoms. The van der Waals surface area contributed by atoms with E-state index in [-0.39, 0.29) is 5.97 Å². The smallest absolute Gasteiger partial charge is 0.338 e. The summed E-state index contributed by atoms with van der Waals surface area (Å²) in [6, 6.07) is 22.2. The van der Waals surface area contributed by atoms with Gasteiger partial charge in [0.2, 0.25) is 0 Å². The van der Waals surface area contributed by atoms with E-state index in [9.17, 15) is 4.79 Å². The van der Waals surface area contributed by atoms with Crippen molar-refractivity contribution < 1.29 is 9.53 Å². The number of nitrogens with zero attached hydrogens (tertiary/aromatic N) is 1. The van der Waals surface area contributed by atoms with E-state index in [1.165, 1.54) is 5.39 Å². The van der Waals surface area contributed by atoms with E-state index in [2.05, 4.69) is 29.2 Å². The van der Waals surface area contributed by atoms with Gasteiger partial charge < -0.3 is 4.74 Å². The molecule has 3 nitrogen and oxygen atoms in total. The molecule has 1 aromatic heterocycles. The maximum absolute atomic E-state index is 12.6. The fourth-order valence-corrected chi connectivity index (χ4v) is 4.00. The standard InChI is InChI=1S/C24H17NO2/c1-2-27-24(26)19-12-7-11-17-20-14-25-21-13-6-5-10-18(21)23(20)16-9-4-3-8-15(16)22(17)19/h3-14H,2H2,1H3. The highest BCUT2D eigenvalue weighted by molar-refractivity contribution is 6.33. The number of fused-ring (bicyclic) bond motifs is 8. The van der Waals surface area contributed by atoms with Crippen LogP contribution in [-0.4, -0.2) is 17.6 Å². The summed E-state index contributed by atoms with van der Waals surface area (Å²) >= 11 is 0. The minimum atomic E-state index is -0.290. The maximum atomic E-state index is 12.6. The van der Waals surface area contributed by atoms with Crippen molar-refractivity contribution in [3.05, 3.63) is 78.5 Å². The predicted octanol–water partition coefficient (Wildman–Crippen LogP) is 5.87. The van der Waals surface area contributed by atoms with E-state index in [4.69, 9.17) is 4.74 Å². The fraction of sp³-hybridized carbons (Fsp3) is 0.0833. The molecular weight excluding hydrogens is 334 g/mol. The summed E-state index contributed by atoms with van der Waals surface area (Å²) in [4.78, 5) is 17.3. The molecule has 130 valence electrons. The average Bonchev–Trinajstić information content (AvgIpc) is 2.73. The zero-order chi connectivity index (χ0) is 18.4. The SMILES string of the molecule is CCOC(=O)c1cccc2c3cnc4ccccc4c3c3ccccc3c12. The van der Waals surface area contributed by atoms with Crippen LogP contribution < -0.4 is 0 Å². The van der Waals surface area contributed by atoms with Crippen molar-refractivity contribution in [1.29, 1.82) is 0 Å². The number of pyridine rings is 1. The molecule has 0 saturated heterocycles. The number of esters is 1. The molecule has 0 fully saturated rings. The summed E-state index contributed by atoms with van der Waals surface area (Å²) in [6.07, 6.45) is 1.92. The van der Waals surface area contributed by atoms with Crippen LogP contribution in [0, 0.1) is 0 Å². The Morgan fingerprint density at radius 1 is 0.778 bits per heavy atom. The molecule has 0 aliphatic carbocycles. The van der Waals surface area contributed by atoms with Gasteiger partial charge in [-0.2, -0.15) is 0 Å². The third-order valence-electron chi connectivity index (χ3n) is 5.09. The molecule has 0 amide bonds. The summed E-state index contributed by atoms with van der Waals surface area (Å²) in [6.45, 7) is 2.18. The Morgan fingerprint density at radius 2 is 1.41 bits per heavy atom. The molecule has 0 radical (unpaired) electrons. The predicted molar refractivity (Wildman–Crippen MR) is 110 cm³/mol. The van der Waals surface area contributed by atoms with E-state index in [0.717, 1.165) is 37.8 Å². The van der Waals surface area contributed by atoms with Crippen molar-refractivity contribution in [1.82, 2.24) is 4.98 Å². The third-order valence-corrected chi connectivity index (χ3v) is 5.09. The number of carbonyl (C=O) groups is 1. The monoisotopic (exact) mass is 351 g/mol. The quantitative estimate of drug-likeness (QED) is 0.295. The van der Waals surface area contributed by atoms with Gasteiger partial charge in [0.25, 0.3) is 0 Å². The summed E-state index contributed by atoms with van der Waals surface area (Å²) in [5.74, 6) is -0.290. The molecule has 0 atom stereocenters.